The molecule has 0 fully saturated rings. The van der Waals surface area contributed by atoms with Gasteiger partial charge >= 0.3 is 7.82 Å². The fraction of sp³-hybridized carbons (Fsp3) is 0.837. The number of hydrogen-bond donors (Lipinski definition) is 3. The number of quaternary nitrogens is 1. The lowest BCUT2D eigenvalue weighted by atomic mass is 10.0. The summed E-state index contributed by atoms with van der Waals surface area (Å²) in [6.07, 6.45) is 42.1. The number of aliphatic hydroxyl groups is 1. The molecule has 3 N–H and O–H groups in total. The van der Waals surface area contributed by atoms with Crippen molar-refractivity contribution in [2.24, 2.45) is 0 Å². The number of hydrogen-bond acceptors (Lipinski definition) is 5. The minimum Gasteiger partial charge on any atom is -0.387 e. The van der Waals surface area contributed by atoms with Crippen molar-refractivity contribution < 1.29 is 32.9 Å². The van der Waals surface area contributed by atoms with Crippen LogP contribution in [0.1, 0.15) is 181 Å². The van der Waals surface area contributed by atoms with Crippen LogP contribution >= 0.6 is 7.82 Å². The second-order valence-electron chi connectivity index (χ2n) is 15.7. The van der Waals surface area contributed by atoms with E-state index in [4.69, 9.17) is 9.05 Å². The number of carbonyl (C=O) groups is 1. The highest BCUT2D eigenvalue weighted by Gasteiger charge is 2.27. The van der Waals surface area contributed by atoms with Crippen molar-refractivity contribution in [2.75, 3.05) is 40.9 Å². The zero-order valence-electron chi connectivity index (χ0n) is 34.5. The zero-order valence-corrected chi connectivity index (χ0v) is 35.4. The maximum absolute atomic E-state index is 12.8. The Morgan fingerprint density at radius 3 is 1.54 bits per heavy atom. The highest BCUT2D eigenvalue weighted by atomic mass is 31.2. The second kappa shape index (κ2) is 35.4. The third kappa shape index (κ3) is 37.1. The monoisotopic (exact) mass is 756 g/mol. The fourth-order valence-electron chi connectivity index (χ4n) is 5.90. The van der Waals surface area contributed by atoms with Crippen molar-refractivity contribution >= 4 is 13.7 Å². The summed E-state index contributed by atoms with van der Waals surface area (Å²) in [5.74, 6) is -0.192. The van der Waals surface area contributed by atoms with Gasteiger partial charge in [-0.05, 0) is 44.9 Å². The predicted molar refractivity (Wildman–Crippen MR) is 221 cm³/mol. The number of aliphatic hydroxyl groups excluding tert-OH is 1. The number of likely N-dealkylation sites (N-methyl/N-ethyl adjacent to an activating group) is 1. The van der Waals surface area contributed by atoms with Crippen LogP contribution in [0.2, 0.25) is 0 Å². The molecule has 0 saturated carbocycles. The number of nitrogens with one attached hydrogen (secondary N) is 1. The number of allylic oxidation sites excluding steroid dienone is 5. The summed E-state index contributed by atoms with van der Waals surface area (Å²) >= 11 is 0. The molecule has 52 heavy (non-hydrogen) atoms. The van der Waals surface area contributed by atoms with Crippen molar-refractivity contribution in [3.63, 3.8) is 0 Å². The van der Waals surface area contributed by atoms with Gasteiger partial charge in [-0.15, -0.1) is 0 Å². The molecule has 0 aliphatic heterocycles. The molecule has 9 heteroatoms. The van der Waals surface area contributed by atoms with E-state index >= 15 is 0 Å². The molecule has 0 rings (SSSR count). The Labute approximate surface area is 321 Å². The molecular formula is C43H84N2O6P+. The van der Waals surface area contributed by atoms with Crippen LogP contribution in [0.15, 0.2) is 36.5 Å². The summed E-state index contributed by atoms with van der Waals surface area (Å²) < 4.78 is 23.5. The molecule has 1 amide bonds. The highest BCUT2D eigenvalue weighted by Crippen LogP contribution is 2.43. The standard InChI is InChI=1S/C43H83N2O6P/c1-6-8-10-12-14-16-18-20-22-24-26-28-30-32-34-36-42(46)41(40-51-52(48,49)50-39-38-45(3,4)5)44-43(47)37-35-33-31-29-27-25-23-21-19-17-15-13-11-9-7-2/h18,20,26,28,34,36,41-42,46H,6-17,19,21-25,27,29-33,35,37-40H2,1-5H3,(H-,44,47,48,49)/p+1/b20-18+,28-26+,36-34+. The average molecular weight is 756 g/mol. The van der Waals surface area contributed by atoms with Crippen molar-refractivity contribution in [3.05, 3.63) is 36.5 Å². The van der Waals surface area contributed by atoms with E-state index in [-0.39, 0.29) is 19.1 Å². The first-order valence-electron chi connectivity index (χ1n) is 21.4. The Hall–Kier alpha value is -1.28. The summed E-state index contributed by atoms with van der Waals surface area (Å²) in [5.41, 5.74) is 0. The van der Waals surface area contributed by atoms with Gasteiger partial charge in [-0.3, -0.25) is 13.8 Å². The number of phosphoric ester groups is 1. The minimum absolute atomic E-state index is 0.0544. The molecule has 0 saturated heterocycles. The Kier molecular flexibility index (Phi) is 34.6. The Morgan fingerprint density at radius 1 is 0.635 bits per heavy atom. The summed E-state index contributed by atoms with van der Waals surface area (Å²) in [6, 6.07) is -0.864. The topological polar surface area (TPSA) is 105 Å². The van der Waals surface area contributed by atoms with E-state index in [0.717, 1.165) is 44.9 Å². The maximum Gasteiger partial charge on any atom is 0.472 e. The molecule has 3 atom stereocenters. The Morgan fingerprint density at radius 2 is 1.06 bits per heavy atom. The fourth-order valence-corrected chi connectivity index (χ4v) is 6.63. The van der Waals surface area contributed by atoms with Gasteiger partial charge in [0.2, 0.25) is 5.91 Å². The Balaban J connectivity index is 4.53. The van der Waals surface area contributed by atoms with Gasteiger partial charge in [-0.2, -0.15) is 0 Å². The van der Waals surface area contributed by atoms with Gasteiger partial charge in [-0.1, -0.05) is 166 Å². The van der Waals surface area contributed by atoms with Gasteiger partial charge in [0.1, 0.15) is 13.2 Å². The van der Waals surface area contributed by atoms with Gasteiger partial charge < -0.3 is 19.8 Å². The molecule has 0 spiro atoms. The van der Waals surface area contributed by atoms with E-state index in [9.17, 15) is 19.4 Å². The quantitative estimate of drug-likeness (QED) is 0.0251. The molecule has 306 valence electrons. The SMILES string of the molecule is CCCCCCC/C=C/CC/C=C/CC/C=C/C(O)C(COP(=O)(O)OCC[N+](C)(C)C)NC(=O)CCCCCCCCCCCCCCCCC. The first kappa shape index (κ1) is 50.7. The summed E-state index contributed by atoms with van der Waals surface area (Å²) in [7, 11) is 1.55. The smallest absolute Gasteiger partial charge is 0.387 e. The van der Waals surface area contributed by atoms with Crippen LogP contribution < -0.4 is 5.32 Å². The molecule has 0 aliphatic carbocycles. The number of amides is 1. The van der Waals surface area contributed by atoms with Crippen LogP contribution in [0.25, 0.3) is 0 Å². The van der Waals surface area contributed by atoms with Gasteiger partial charge in [0.15, 0.2) is 0 Å². The zero-order chi connectivity index (χ0) is 38.6. The number of carbonyl (C=O) groups excluding carboxylic acids is 1. The van der Waals surface area contributed by atoms with Crippen LogP contribution in [0, 0.1) is 0 Å². The van der Waals surface area contributed by atoms with Crippen molar-refractivity contribution in [2.45, 2.75) is 193 Å². The lowest BCUT2D eigenvalue weighted by Crippen LogP contribution is -2.45. The average Bonchev–Trinajstić information content (AvgIpc) is 3.09. The number of unbranched alkanes of at least 4 members (excludes halogenated alkanes) is 21. The first-order valence-corrected chi connectivity index (χ1v) is 22.9. The van der Waals surface area contributed by atoms with Gasteiger partial charge in [0, 0.05) is 6.42 Å². The molecule has 8 nitrogen and oxygen atoms in total. The van der Waals surface area contributed by atoms with E-state index in [1.807, 2.05) is 27.2 Å². The number of phosphoric acid groups is 1. The van der Waals surface area contributed by atoms with E-state index in [1.165, 1.54) is 116 Å². The lowest BCUT2D eigenvalue weighted by molar-refractivity contribution is -0.870. The Bertz CT molecular complexity index is 948. The molecule has 0 aromatic rings. The van der Waals surface area contributed by atoms with Crippen LogP contribution in [-0.4, -0.2) is 73.4 Å². The van der Waals surface area contributed by atoms with E-state index in [2.05, 4.69) is 43.5 Å². The van der Waals surface area contributed by atoms with Gasteiger partial charge in [-0.25, -0.2) is 4.57 Å². The summed E-state index contributed by atoms with van der Waals surface area (Å²) in [5, 5.41) is 13.8. The van der Waals surface area contributed by atoms with Crippen molar-refractivity contribution in [1.82, 2.24) is 5.32 Å². The number of rotatable bonds is 38. The largest absolute Gasteiger partial charge is 0.472 e. The molecule has 0 aliphatic rings. The first-order chi connectivity index (χ1) is 25.0. The maximum atomic E-state index is 12.8. The molecular weight excluding hydrogens is 671 g/mol. The van der Waals surface area contributed by atoms with E-state index < -0.39 is 20.0 Å². The second-order valence-corrected chi connectivity index (χ2v) is 17.2. The van der Waals surface area contributed by atoms with Crippen molar-refractivity contribution in [3.8, 4) is 0 Å². The van der Waals surface area contributed by atoms with Crippen LogP contribution in [-0.2, 0) is 18.4 Å². The molecule has 3 unspecified atom stereocenters. The third-order valence-electron chi connectivity index (χ3n) is 9.34. The van der Waals surface area contributed by atoms with Gasteiger partial charge in [0.25, 0.3) is 0 Å². The summed E-state index contributed by atoms with van der Waals surface area (Å²) in [6.45, 7) is 4.76. The van der Waals surface area contributed by atoms with Crippen LogP contribution in [0.5, 0.6) is 0 Å². The molecule has 0 aromatic heterocycles. The van der Waals surface area contributed by atoms with Crippen molar-refractivity contribution in [1.29, 1.82) is 0 Å². The molecule has 0 heterocycles. The van der Waals surface area contributed by atoms with E-state index in [1.54, 1.807) is 6.08 Å². The third-order valence-corrected chi connectivity index (χ3v) is 10.3. The highest BCUT2D eigenvalue weighted by molar-refractivity contribution is 7.47. The molecule has 0 bridgehead atoms. The predicted octanol–water partition coefficient (Wildman–Crippen LogP) is 11.5. The van der Waals surface area contributed by atoms with Gasteiger partial charge in [0.05, 0.1) is 39.9 Å². The van der Waals surface area contributed by atoms with E-state index in [0.29, 0.717) is 17.4 Å². The number of nitrogens with zero attached hydrogens (tertiary/aromatic N) is 1. The lowest BCUT2D eigenvalue weighted by Gasteiger charge is -2.25. The molecule has 0 radical (unpaired) electrons. The van der Waals surface area contributed by atoms with Crippen LogP contribution in [0.4, 0.5) is 0 Å². The summed E-state index contributed by atoms with van der Waals surface area (Å²) in [4.78, 5) is 23.1. The molecule has 0 aromatic carbocycles. The minimum atomic E-state index is -4.34. The normalized spacial score (nSPS) is 14.8. The van der Waals surface area contributed by atoms with Crippen LogP contribution in [0.3, 0.4) is 0 Å².